The van der Waals surface area contributed by atoms with Crippen molar-refractivity contribution in [2.45, 2.75) is 13.0 Å². The summed E-state index contributed by atoms with van der Waals surface area (Å²) >= 11 is 7.77. The summed E-state index contributed by atoms with van der Waals surface area (Å²) in [6.45, 7) is 2.30. The van der Waals surface area contributed by atoms with Gasteiger partial charge >= 0.3 is 0 Å². The van der Waals surface area contributed by atoms with Crippen LogP contribution in [0.2, 0.25) is 5.15 Å². The van der Waals surface area contributed by atoms with Gasteiger partial charge in [-0.25, -0.2) is 0 Å². The second-order valence-electron chi connectivity index (χ2n) is 5.12. The maximum absolute atomic E-state index is 12.3. The minimum atomic E-state index is -0.187. The summed E-state index contributed by atoms with van der Waals surface area (Å²) < 4.78 is 1.51. The molecule has 0 unspecified atom stereocenters. The van der Waals surface area contributed by atoms with Gasteiger partial charge in [-0.2, -0.15) is 16.4 Å². The molecular formula is C14H19ClN4OS. The van der Waals surface area contributed by atoms with E-state index in [9.17, 15) is 4.79 Å². The van der Waals surface area contributed by atoms with E-state index in [4.69, 9.17) is 11.6 Å². The van der Waals surface area contributed by atoms with Crippen molar-refractivity contribution in [2.75, 3.05) is 20.6 Å². The highest BCUT2D eigenvalue weighted by molar-refractivity contribution is 7.07. The van der Waals surface area contributed by atoms with E-state index in [0.29, 0.717) is 23.0 Å². The van der Waals surface area contributed by atoms with Crippen molar-refractivity contribution in [3.8, 4) is 0 Å². The van der Waals surface area contributed by atoms with E-state index in [1.165, 1.54) is 10.2 Å². The topological polar surface area (TPSA) is 50.2 Å². The fraction of sp³-hybridized carbons (Fsp3) is 0.429. The van der Waals surface area contributed by atoms with E-state index in [2.05, 4.69) is 26.8 Å². The number of likely N-dealkylation sites (N-methyl/N-ethyl adjacent to an activating group) is 1. The number of hydrogen-bond donors (Lipinski definition) is 1. The van der Waals surface area contributed by atoms with Crippen molar-refractivity contribution in [3.05, 3.63) is 38.8 Å². The summed E-state index contributed by atoms with van der Waals surface area (Å²) in [5, 5.41) is 11.6. The lowest BCUT2D eigenvalue weighted by Crippen LogP contribution is -2.34. The molecule has 0 spiro atoms. The number of thiophene rings is 1. The Morgan fingerprint density at radius 3 is 2.76 bits per heavy atom. The minimum Gasteiger partial charge on any atom is -0.350 e. The fourth-order valence-corrected chi connectivity index (χ4v) is 3.20. The number of carbonyl (C=O) groups is 1. The lowest BCUT2D eigenvalue weighted by Gasteiger charge is -2.24. The molecule has 21 heavy (non-hydrogen) atoms. The lowest BCUT2D eigenvalue weighted by atomic mass is 10.1. The molecule has 1 N–H and O–H groups in total. The Hall–Kier alpha value is -1.37. The number of nitrogens with one attached hydrogen (secondary N) is 1. The number of aryl methyl sites for hydroxylation is 2. The van der Waals surface area contributed by atoms with Crippen LogP contribution >= 0.6 is 22.9 Å². The highest BCUT2D eigenvalue weighted by atomic mass is 35.5. The van der Waals surface area contributed by atoms with Crippen molar-refractivity contribution >= 4 is 28.8 Å². The van der Waals surface area contributed by atoms with Crippen molar-refractivity contribution in [1.29, 1.82) is 0 Å². The molecule has 2 aromatic heterocycles. The zero-order chi connectivity index (χ0) is 15.6. The number of carbonyl (C=O) groups excluding carboxylic acids is 1. The van der Waals surface area contributed by atoms with E-state index < -0.39 is 0 Å². The molecule has 7 heteroatoms. The Morgan fingerprint density at radius 2 is 2.29 bits per heavy atom. The van der Waals surface area contributed by atoms with Crippen molar-refractivity contribution in [3.63, 3.8) is 0 Å². The summed E-state index contributed by atoms with van der Waals surface area (Å²) in [5.41, 5.74) is 2.28. The van der Waals surface area contributed by atoms with Gasteiger partial charge in [0.15, 0.2) is 0 Å². The van der Waals surface area contributed by atoms with Crippen molar-refractivity contribution in [1.82, 2.24) is 20.0 Å². The van der Waals surface area contributed by atoms with E-state index in [1.54, 1.807) is 25.3 Å². The molecule has 0 radical (unpaired) electrons. The minimum absolute atomic E-state index is 0.135. The number of rotatable bonds is 5. The summed E-state index contributed by atoms with van der Waals surface area (Å²) in [5.74, 6) is -0.187. The molecule has 0 fully saturated rings. The lowest BCUT2D eigenvalue weighted by molar-refractivity contribution is 0.0941. The molecule has 5 nitrogen and oxygen atoms in total. The Balaban J connectivity index is 2.09. The third-order valence-corrected chi connectivity index (χ3v) is 4.52. The van der Waals surface area contributed by atoms with Crippen LogP contribution in [-0.2, 0) is 7.05 Å². The molecule has 0 aromatic carbocycles. The van der Waals surface area contributed by atoms with Gasteiger partial charge in [-0.05, 0) is 43.4 Å². The van der Waals surface area contributed by atoms with Gasteiger partial charge in [0.25, 0.3) is 5.91 Å². The second kappa shape index (κ2) is 6.60. The van der Waals surface area contributed by atoms with Crippen LogP contribution in [-0.4, -0.2) is 41.2 Å². The number of amides is 1. The number of nitrogens with zero attached hydrogens (tertiary/aromatic N) is 3. The molecule has 0 saturated carbocycles. The molecule has 0 bridgehead atoms. The Labute approximate surface area is 133 Å². The number of halogens is 1. The third-order valence-electron chi connectivity index (χ3n) is 3.39. The van der Waals surface area contributed by atoms with Crippen LogP contribution in [0.1, 0.15) is 27.7 Å². The molecule has 1 atom stereocenters. The van der Waals surface area contributed by atoms with Gasteiger partial charge in [0.1, 0.15) is 5.15 Å². The molecule has 2 aromatic rings. The molecular weight excluding hydrogens is 308 g/mol. The van der Waals surface area contributed by atoms with Crippen LogP contribution < -0.4 is 5.32 Å². The first-order valence-corrected chi connectivity index (χ1v) is 7.89. The first kappa shape index (κ1) is 16.0. The van der Waals surface area contributed by atoms with Gasteiger partial charge in [-0.1, -0.05) is 11.6 Å². The van der Waals surface area contributed by atoms with E-state index >= 15 is 0 Å². The zero-order valence-electron chi connectivity index (χ0n) is 12.6. The summed E-state index contributed by atoms with van der Waals surface area (Å²) in [7, 11) is 5.72. The van der Waals surface area contributed by atoms with Crippen molar-refractivity contribution < 1.29 is 4.79 Å². The quantitative estimate of drug-likeness (QED) is 0.918. The predicted octanol–water partition coefficient (Wildman–Crippen LogP) is 2.48. The smallest absolute Gasteiger partial charge is 0.256 e. The monoisotopic (exact) mass is 326 g/mol. The molecule has 0 aliphatic heterocycles. The van der Waals surface area contributed by atoms with Crippen LogP contribution in [0.3, 0.4) is 0 Å². The summed E-state index contributed by atoms with van der Waals surface area (Å²) in [6.07, 6.45) is 0. The zero-order valence-corrected chi connectivity index (χ0v) is 14.1. The Bertz CT molecular complexity index is 621. The normalized spacial score (nSPS) is 12.7. The van der Waals surface area contributed by atoms with Gasteiger partial charge < -0.3 is 10.2 Å². The van der Waals surface area contributed by atoms with Gasteiger partial charge in [0.05, 0.1) is 17.3 Å². The largest absolute Gasteiger partial charge is 0.350 e. The van der Waals surface area contributed by atoms with Gasteiger partial charge in [-0.3, -0.25) is 9.48 Å². The Kier molecular flexibility index (Phi) is 5.03. The molecule has 0 saturated heterocycles. The third kappa shape index (κ3) is 3.45. The second-order valence-corrected chi connectivity index (χ2v) is 6.26. The summed E-state index contributed by atoms with van der Waals surface area (Å²) in [6, 6.07) is 2.21. The van der Waals surface area contributed by atoms with Crippen LogP contribution in [0.15, 0.2) is 16.8 Å². The van der Waals surface area contributed by atoms with Crippen molar-refractivity contribution in [2.24, 2.45) is 7.05 Å². The van der Waals surface area contributed by atoms with Gasteiger partial charge in [0, 0.05) is 13.6 Å². The van der Waals surface area contributed by atoms with Crippen LogP contribution in [0.25, 0.3) is 0 Å². The number of hydrogen-bond acceptors (Lipinski definition) is 4. The van der Waals surface area contributed by atoms with E-state index in [-0.39, 0.29) is 11.9 Å². The van der Waals surface area contributed by atoms with Crippen LogP contribution in [0.5, 0.6) is 0 Å². The highest BCUT2D eigenvalue weighted by Crippen LogP contribution is 2.21. The molecule has 0 aliphatic carbocycles. The number of aromatic nitrogens is 2. The maximum Gasteiger partial charge on any atom is 0.256 e. The van der Waals surface area contributed by atoms with Gasteiger partial charge in [0.2, 0.25) is 0 Å². The van der Waals surface area contributed by atoms with Crippen LogP contribution in [0.4, 0.5) is 0 Å². The first-order chi connectivity index (χ1) is 9.91. The molecule has 2 rings (SSSR count). The average Bonchev–Trinajstić information content (AvgIpc) is 2.99. The SMILES string of the molecule is Cc1nn(C)c(Cl)c1C(=O)NC[C@@H](c1ccsc1)N(C)C. The van der Waals surface area contributed by atoms with E-state index in [1.807, 2.05) is 19.5 Å². The maximum atomic E-state index is 12.3. The van der Waals surface area contributed by atoms with Gasteiger partial charge in [-0.15, -0.1) is 0 Å². The molecule has 2 heterocycles. The highest BCUT2D eigenvalue weighted by Gasteiger charge is 2.21. The molecule has 1 amide bonds. The predicted molar refractivity (Wildman–Crippen MR) is 86.0 cm³/mol. The van der Waals surface area contributed by atoms with Crippen LogP contribution in [0, 0.1) is 6.92 Å². The van der Waals surface area contributed by atoms with E-state index in [0.717, 1.165) is 0 Å². The first-order valence-electron chi connectivity index (χ1n) is 6.57. The molecule has 114 valence electrons. The summed E-state index contributed by atoms with van der Waals surface area (Å²) in [4.78, 5) is 14.4. The standard InChI is InChI=1S/C14H19ClN4OS/c1-9-12(13(15)19(4)17-9)14(20)16-7-11(18(2)3)10-5-6-21-8-10/h5-6,8,11H,7H2,1-4H3,(H,16,20)/t11-/m0/s1. The average molecular weight is 327 g/mol. The Morgan fingerprint density at radius 1 is 1.57 bits per heavy atom. The fourth-order valence-electron chi connectivity index (χ4n) is 2.23. The molecule has 0 aliphatic rings.